The summed E-state index contributed by atoms with van der Waals surface area (Å²) in [6.07, 6.45) is 9.67. The second-order valence-corrected chi connectivity index (χ2v) is 19.0. The van der Waals surface area contributed by atoms with Gasteiger partial charge in [-0.1, -0.05) is 55.9 Å². The molecular formula is C53H55N3O11. The number of benzene rings is 4. The van der Waals surface area contributed by atoms with Gasteiger partial charge in [-0.05, 0) is 95.6 Å². The molecule has 348 valence electrons. The summed E-state index contributed by atoms with van der Waals surface area (Å²) in [6.45, 7) is -0.636. The number of phenols is 1. The summed E-state index contributed by atoms with van der Waals surface area (Å²) in [4.78, 5) is 33.7. The smallest absolute Gasteiger partial charge is 0.254 e. The molecule has 14 nitrogen and oxygen atoms in total. The Morgan fingerprint density at radius 1 is 1.01 bits per heavy atom. The highest BCUT2D eigenvalue weighted by molar-refractivity contribution is 6.11. The molecule has 8 bridgehead atoms. The van der Waals surface area contributed by atoms with E-state index in [-0.39, 0.29) is 60.4 Å². The Balaban J connectivity index is 1.11. The number of hydrogen-bond donors (Lipinski definition) is 6. The lowest BCUT2D eigenvalue weighted by molar-refractivity contribution is -0.328. The number of Topliss-reactive ketones (excluding diaryl/α,β-unsaturated/α-hetero) is 1. The average Bonchev–Trinajstić information content (AvgIpc) is 4.18. The molecule has 0 radical (unpaired) electrons. The Morgan fingerprint density at radius 3 is 2.64 bits per heavy atom. The zero-order valence-corrected chi connectivity index (χ0v) is 37.4. The van der Waals surface area contributed by atoms with Crippen molar-refractivity contribution in [1.82, 2.24) is 15.2 Å². The van der Waals surface area contributed by atoms with Crippen LogP contribution in [0.2, 0.25) is 0 Å². The van der Waals surface area contributed by atoms with Crippen LogP contribution < -0.4 is 14.8 Å². The van der Waals surface area contributed by atoms with Crippen molar-refractivity contribution in [3.63, 3.8) is 0 Å². The van der Waals surface area contributed by atoms with Crippen LogP contribution >= 0.6 is 0 Å². The van der Waals surface area contributed by atoms with E-state index in [0.717, 1.165) is 58.8 Å². The van der Waals surface area contributed by atoms with Crippen LogP contribution in [-0.2, 0) is 33.7 Å². The Hall–Kier alpha value is -5.92. The molecule has 2 saturated carbocycles. The number of amides is 1. The molecule has 67 heavy (non-hydrogen) atoms. The predicted molar refractivity (Wildman–Crippen MR) is 248 cm³/mol. The van der Waals surface area contributed by atoms with E-state index in [1.165, 1.54) is 37.7 Å². The first-order chi connectivity index (χ1) is 32.6. The monoisotopic (exact) mass is 909 g/mol. The summed E-state index contributed by atoms with van der Waals surface area (Å²) in [5.74, 6) is 2.15. The van der Waals surface area contributed by atoms with E-state index >= 15 is 0 Å². The van der Waals surface area contributed by atoms with Crippen LogP contribution in [-0.4, -0.2) is 105 Å². The van der Waals surface area contributed by atoms with Gasteiger partial charge >= 0.3 is 0 Å². The first-order valence-electron chi connectivity index (χ1n) is 23.6. The van der Waals surface area contributed by atoms with E-state index in [0.29, 0.717) is 40.4 Å². The van der Waals surface area contributed by atoms with E-state index in [1.807, 2.05) is 30.5 Å². The number of aliphatic hydroxyl groups excluding tert-OH is 2. The molecule has 1 saturated heterocycles. The minimum absolute atomic E-state index is 0.0257. The molecule has 14 heteroatoms. The standard InChI is InChI=1S/C53H55N3O11/c1-63-43-22-32-21-36(30-8-2-3-9-30)46-41(58)26-56-25-39-31(10-6-14-34(39)51(56)61)11-7-19-64-50-47(59)44-27-65-42(18-16-35(43)49(45(32)48(46)60)67-52(66-44)53(50,62)28-57)38-24-55-40-17-15-29(20-37(38)40)23-54-33-12-4-5-13-33/h6,10,14-18,20-22,24,30,33,42,44,47,50,52,54-55,57,59-60,62H,2-5,8-9,11-13,23,25-28H2,1H3/b18-16+/t42-,44-,47-,50+,52-,53-/m1/s1. The van der Waals surface area contributed by atoms with Crippen LogP contribution in [0.4, 0.5) is 0 Å². The fourth-order valence-electron chi connectivity index (χ4n) is 11.3. The molecule has 11 rings (SSSR count). The number of methoxy groups -OCH3 is 1. The molecule has 1 aromatic heterocycles. The largest absolute Gasteiger partial charge is 0.506 e. The van der Waals surface area contributed by atoms with Crippen molar-refractivity contribution in [3.05, 3.63) is 105 Å². The molecule has 5 aromatic rings. The molecule has 1 amide bonds. The highest BCUT2D eigenvalue weighted by Gasteiger charge is 2.59. The number of hydrogen-bond acceptors (Lipinski definition) is 12. The predicted octanol–water partition coefficient (Wildman–Crippen LogP) is 6.44. The first-order valence-corrected chi connectivity index (χ1v) is 23.6. The Labute approximate surface area is 387 Å². The SMILES string of the molecule is COc1cc2cc(C3CCCC3)c3c(O)c2c2c1/C=C/[C@H](c1c[nH]c4ccc(CNC5CCCC5)cc14)OC[C@H]1O[C@H](O2)[C@@](O)(CO)[C@@H](OC#CCc2cccc4c2CN(CC3=O)C4=O)[C@@H]1O. The van der Waals surface area contributed by atoms with Crippen molar-refractivity contribution >= 4 is 39.4 Å². The molecule has 6 N–H and O–H groups in total. The minimum atomic E-state index is -2.45. The van der Waals surface area contributed by atoms with Crippen LogP contribution in [0.15, 0.2) is 60.8 Å². The number of nitrogens with one attached hydrogen (secondary N) is 2. The molecule has 5 heterocycles. The van der Waals surface area contributed by atoms with Crippen LogP contribution in [0.25, 0.3) is 27.8 Å². The Kier molecular flexibility index (Phi) is 11.5. The summed E-state index contributed by atoms with van der Waals surface area (Å²) in [6, 6.07) is 15.8. The van der Waals surface area contributed by atoms with E-state index in [2.05, 4.69) is 34.5 Å². The molecule has 3 fully saturated rings. The lowest BCUT2D eigenvalue weighted by atomic mass is 9.86. The normalized spacial score (nSPS) is 27.0. The third-order valence-electron chi connectivity index (χ3n) is 15.0. The summed E-state index contributed by atoms with van der Waals surface area (Å²) in [5, 5.41) is 53.7. The second-order valence-electron chi connectivity index (χ2n) is 19.0. The fraction of sp³-hybridized carbons (Fsp3) is 0.434. The Morgan fingerprint density at radius 2 is 1.84 bits per heavy atom. The van der Waals surface area contributed by atoms with E-state index in [9.17, 15) is 30.0 Å². The van der Waals surface area contributed by atoms with E-state index < -0.39 is 48.7 Å². The van der Waals surface area contributed by atoms with Gasteiger partial charge in [0.15, 0.2) is 17.5 Å². The number of aromatic amines is 1. The quantitative estimate of drug-likeness (QED) is 0.0982. The number of ether oxygens (including phenoxy) is 5. The van der Waals surface area contributed by atoms with Gasteiger partial charge in [-0.2, -0.15) is 0 Å². The van der Waals surface area contributed by atoms with Gasteiger partial charge in [-0.15, -0.1) is 0 Å². The lowest BCUT2D eigenvalue weighted by Crippen LogP contribution is -2.70. The van der Waals surface area contributed by atoms with Gasteiger partial charge in [0, 0.05) is 53.8 Å². The highest BCUT2D eigenvalue weighted by Crippen LogP contribution is 2.50. The molecular weight excluding hydrogens is 855 g/mol. The van der Waals surface area contributed by atoms with Gasteiger partial charge in [-0.3, -0.25) is 9.59 Å². The van der Waals surface area contributed by atoms with Gasteiger partial charge in [0.05, 0.1) is 43.4 Å². The van der Waals surface area contributed by atoms with Gasteiger partial charge < -0.3 is 59.3 Å². The van der Waals surface area contributed by atoms with Gasteiger partial charge in [0.2, 0.25) is 6.29 Å². The molecule has 4 aliphatic heterocycles. The minimum Gasteiger partial charge on any atom is -0.506 e. The molecule has 6 aliphatic rings. The number of nitrogens with zero attached hydrogens (tertiary/aromatic N) is 1. The third-order valence-corrected chi connectivity index (χ3v) is 15.0. The van der Waals surface area contributed by atoms with Crippen molar-refractivity contribution in [2.24, 2.45) is 0 Å². The number of carbonyl (C=O) groups excluding carboxylic acids is 2. The van der Waals surface area contributed by atoms with E-state index in [1.54, 1.807) is 24.3 Å². The maximum atomic E-state index is 14.9. The lowest BCUT2D eigenvalue weighted by Gasteiger charge is -2.47. The van der Waals surface area contributed by atoms with E-state index in [4.69, 9.17) is 23.7 Å². The molecule has 6 atom stereocenters. The number of H-pyrrole nitrogens is 1. The van der Waals surface area contributed by atoms with Crippen LogP contribution in [0.5, 0.6) is 17.2 Å². The zero-order chi connectivity index (χ0) is 46.0. The van der Waals surface area contributed by atoms with Crippen molar-refractivity contribution in [2.45, 2.75) is 119 Å². The summed E-state index contributed by atoms with van der Waals surface area (Å²) >= 11 is 0. The first kappa shape index (κ1) is 43.6. The summed E-state index contributed by atoms with van der Waals surface area (Å²) in [5.41, 5.74) is 3.35. The number of rotatable bonds is 7. The van der Waals surface area contributed by atoms with Gasteiger partial charge in [-0.25, -0.2) is 0 Å². The number of fused-ring (bicyclic) bond motifs is 5. The average molecular weight is 910 g/mol. The number of aromatic hydroxyl groups is 1. The third kappa shape index (κ3) is 7.62. The number of aliphatic hydroxyl groups is 3. The number of aromatic nitrogens is 1. The van der Waals surface area contributed by atoms with Crippen LogP contribution in [0.3, 0.4) is 0 Å². The fourth-order valence-corrected chi connectivity index (χ4v) is 11.3. The Bertz CT molecular complexity index is 2870. The number of carbonyl (C=O) groups is 2. The van der Waals surface area contributed by atoms with Crippen molar-refractivity contribution in [1.29, 1.82) is 0 Å². The number of ketones is 1. The maximum Gasteiger partial charge on any atom is 0.254 e. The zero-order valence-electron chi connectivity index (χ0n) is 37.4. The molecule has 4 aromatic carbocycles. The van der Waals surface area contributed by atoms with Crippen molar-refractivity contribution < 1.29 is 53.7 Å². The summed E-state index contributed by atoms with van der Waals surface area (Å²) < 4.78 is 32.1. The van der Waals surface area contributed by atoms with Crippen molar-refractivity contribution in [2.75, 3.05) is 26.9 Å². The van der Waals surface area contributed by atoms with Gasteiger partial charge in [0.1, 0.15) is 41.7 Å². The second kappa shape index (κ2) is 17.6. The van der Waals surface area contributed by atoms with Crippen LogP contribution in [0, 0.1) is 12.0 Å². The molecule has 0 unspecified atom stereocenters. The molecule has 0 spiro atoms. The summed E-state index contributed by atoms with van der Waals surface area (Å²) in [7, 11) is 1.52. The number of phenolic OH excluding ortho intramolecular Hbond substituents is 1. The van der Waals surface area contributed by atoms with Crippen molar-refractivity contribution in [3.8, 4) is 29.3 Å². The molecule has 2 aliphatic carbocycles. The van der Waals surface area contributed by atoms with Crippen LogP contribution in [0.1, 0.15) is 117 Å². The van der Waals surface area contributed by atoms with Gasteiger partial charge in [0.25, 0.3) is 5.91 Å². The topological polar surface area (TPSA) is 192 Å². The highest BCUT2D eigenvalue weighted by atomic mass is 16.7. The maximum absolute atomic E-state index is 14.9.